The summed E-state index contributed by atoms with van der Waals surface area (Å²) in [5.41, 5.74) is 3.30. The number of nitrogens with one attached hydrogen (secondary N) is 1. The minimum Gasteiger partial charge on any atom is -0.480 e. The lowest BCUT2D eigenvalue weighted by molar-refractivity contribution is -0.140. The molecule has 0 amide bonds. The second-order valence-electron chi connectivity index (χ2n) is 4.19. The van der Waals surface area contributed by atoms with E-state index in [2.05, 4.69) is 5.32 Å². The molecule has 0 saturated heterocycles. The Morgan fingerprint density at radius 1 is 1.53 bits per heavy atom. The highest BCUT2D eigenvalue weighted by atomic mass is 16.4. The van der Waals surface area contributed by atoms with Crippen LogP contribution in [0, 0.1) is 6.92 Å². The Bertz CT molecular complexity index is 401. The van der Waals surface area contributed by atoms with Gasteiger partial charge in [0.15, 0.2) is 0 Å². The molecule has 0 bridgehead atoms. The van der Waals surface area contributed by atoms with Crippen molar-refractivity contribution in [2.75, 3.05) is 0 Å². The average molecular weight is 205 g/mol. The second kappa shape index (κ2) is 3.66. The predicted octanol–water partition coefficient (Wildman–Crippen LogP) is 1.65. The van der Waals surface area contributed by atoms with E-state index in [1.165, 1.54) is 11.1 Å². The van der Waals surface area contributed by atoms with E-state index in [0.717, 1.165) is 12.0 Å². The van der Waals surface area contributed by atoms with Gasteiger partial charge in [-0.2, -0.15) is 0 Å². The SMILES string of the molecule is Cc1cccc2c1CC(C)NC2C(=O)O. The van der Waals surface area contributed by atoms with Crippen LogP contribution >= 0.6 is 0 Å². The van der Waals surface area contributed by atoms with Gasteiger partial charge in [-0.15, -0.1) is 0 Å². The van der Waals surface area contributed by atoms with Crippen molar-refractivity contribution in [3.05, 3.63) is 34.9 Å². The smallest absolute Gasteiger partial charge is 0.325 e. The molecule has 0 saturated carbocycles. The number of carbonyl (C=O) groups is 1. The lowest BCUT2D eigenvalue weighted by Gasteiger charge is -2.29. The summed E-state index contributed by atoms with van der Waals surface area (Å²) in [6, 6.07) is 5.53. The number of aliphatic carboxylic acids is 1. The van der Waals surface area contributed by atoms with Gasteiger partial charge in [0.1, 0.15) is 6.04 Å². The van der Waals surface area contributed by atoms with Crippen LogP contribution in [0.3, 0.4) is 0 Å². The van der Waals surface area contributed by atoms with Crippen LogP contribution in [0.15, 0.2) is 18.2 Å². The molecule has 0 aliphatic carbocycles. The standard InChI is InChI=1S/C12H15NO2/c1-7-4-3-5-9-10(7)6-8(2)13-11(9)12(14)15/h3-5,8,11,13H,6H2,1-2H3,(H,14,15). The zero-order valence-electron chi connectivity index (χ0n) is 8.95. The fraction of sp³-hybridized carbons (Fsp3) is 0.417. The molecular weight excluding hydrogens is 190 g/mol. The number of fused-ring (bicyclic) bond motifs is 1. The van der Waals surface area contributed by atoms with Crippen molar-refractivity contribution in [2.45, 2.75) is 32.4 Å². The molecule has 0 radical (unpaired) electrons. The van der Waals surface area contributed by atoms with E-state index in [0.29, 0.717) is 0 Å². The molecule has 2 atom stereocenters. The van der Waals surface area contributed by atoms with Gasteiger partial charge >= 0.3 is 5.97 Å². The van der Waals surface area contributed by atoms with Gasteiger partial charge < -0.3 is 5.11 Å². The minimum absolute atomic E-state index is 0.222. The van der Waals surface area contributed by atoms with Crippen LogP contribution in [-0.2, 0) is 11.2 Å². The van der Waals surface area contributed by atoms with Gasteiger partial charge in [0.25, 0.3) is 0 Å². The first kappa shape index (κ1) is 10.2. The highest BCUT2D eigenvalue weighted by Gasteiger charge is 2.29. The fourth-order valence-electron chi connectivity index (χ4n) is 2.22. The van der Waals surface area contributed by atoms with E-state index < -0.39 is 12.0 Å². The van der Waals surface area contributed by atoms with Crippen LogP contribution in [0.5, 0.6) is 0 Å². The molecule has 1 aliphatic heterocycles. The minimum atomic E-state index is -0.798. The van der Waals surface area contributed by atoms with Gasteiger partial charge in [-0.05, 0) is 37.0 Å². The molecule has 1 aromatic rings. The van der Waals surface area contributed by atoms with E-state index >= 15 is 0 Å². The Balaban J connectivity index is 2.51. The number of aryl methyl sites for hydroxylation is 1. The maximum absolute atomic E-state index is 11.1. The molecule has 0 spiro atoms. The summed E-state index contributed by atoms with van der Waals surface area (Å²) >= 11 is 0. The quantitative estimate of drug-likeness (QED) is 0.733. The van der Waals surface area contributed by atoms with Crippen molar-refractivity contribution in [1.29, 1.82) is 0 Å². The topological polar surface area (TPSA) is 49.3 Å². The molecular formula is C12H15NO2. The molecule has 15 heavy (non-hydrogen) atoms. The Kier molecular flexibility index (Phi) is 2.49. The van der Waals surface area contributed by atoms with E-state index in [4.69, 9.17) is 5.11 Å². The highest BCUT2D eigenvalue weighted by molar-refractivity contribution is 5.77. The van der Waals surface area contributed by atoms with Crippen LogP contribution in [0.1, 0.15) is 29.7 Å². The number of hydrogen-bond donors (Lipinski definition) is 2. The van der Waals surface area contributed by atoms with Crippen molar-refractivity contribution < 1.29 is 9.90 Å². The molecule has 2 rings (SSSR count). The second-order valence-corrected chi connectivity index (χ2v) is 4.19. The summed E-state index contributed by atoms with van der Waals surface area (Å²) < 4.78 is 0. The van der Waals surface area contributed by atoms with Crippen LogP contribution in [-0.4, -0.2) is 17.1 Å². The van der Waals surface area contributed by atoms with Crippen LogP contribution in [0.25, 0.3) is 0 Å². The first-order chi connectivity index (χ1) is 7.09. The lowest BCUT2D eigenvalue weighted by atomic mass is 9.88. The molecule has 3 heteroatoms. The van der Waals surface area contributed by atoms with Gasteiger partial charge in [-0.25, -0.2) is 0 Å². The third kappa shape index (κ3) is 1.75. The number of hydrogen-bond acceptors (Lipinski definition) is 2. The van der Waals surface area contributed by atoms with Gasteiger partial charge in [0.2, 0.25) is 0 Å². The van der Waals surface area contributed by atoms with Crippen molar-refractivity contribution >= 4 is 5.97 Å². The molecule has 1 aromatic carbocycles. The summed E-state index contributed by atoms with van der Waals surface area (Å²) in [5, 5.41) is 12.2. The average Bonchev–Trinajstić information content (AvgIpc) is 2.18. The normalized spacial score (nSPS) is 24.7. The molecule has 1 heterocycles. The molecule has 80 valence electrons. The molecule has 0 aromatic heterocycles. The molecule has 2 N–H and O–H groups in total. The molecule has 0 fully saturated rings. The summed E-state index contributed by atoms with van der Waals surface area (Å²) in [4.78, 5) is 11.1. The third-order valence-corrected chi connectivity index (χ3v) is 2.97. The van der Waals surface area contributed by atoms with Crippen LogP contribution in [0.4, 0.5) is 0 Å². The lowest BCUT2D eigenvalue weighted by Crippen LogP contribution is -2.41. The number of carboxylic acid groups (broad SMARTS) is 1. The van der Waals surface area contributed by atoms with Crippen molar-refractivity contribution in [3.8, 4) is 0 Å². The van der Waals surface area contributed by atoms with Gasteiger partial charge in [-0.1, -0.05) is 18.2 Å². The number of rotatable bonds is 1. The first-order valence-electron chi connectivity index (χ1n) is 5.17. The highest BCUT2D eigenvalue weighted by Crippen LogP contribution is 2.27. The Labute approximate surface area is 89.1 Å². The predicted molar refractivity (Wildman–Crippen MR) is 57.9 cm³/mol. The van der Waals surface area contributed by atoms with Crippen molar-refractivity contribution in [1.82, 2.24) is 5.32 Å². The monoisotopic (exact) mass is 205 g/mol. The van der Waals surface area contributed by atoms with Crippen molar-refractivity contribution in [2.24, 2.45) is 0 Å². The summed E-state index contributed by atoms with van der Waals surface area (Å²) in [6.45, 7) is 4.06. The first-order valence-corrected chi connectivity index (χ1v) is 5.17. The maximum atomic E-state index is 11.1. The zero-order valence-corrected chi connectivity index (χ0v) is 8.95. The van der Waals surface area contributed by atoms with Crippen molar-refractivity contribution in [3.63, 3.8) is 0 Å². The molecule has 2 unspecified atom stereocenters. The summed E-state index contributed by atoms with van der Waals surface area (Å²) in [7, 11) is 0. The molecule has 3 nitrogen and oxygen atoms in total. The number of carboxylic acids is 1. The Morgan fingerprint density at radius 3 is 2.93 bits per heavy atom. The Hall–Kier alpha value is -1.35. The van der Waals surface area contributed by atoms with Gasteiger partial charge in [0.05, 0.1) is 0 Å². The van der Waals surface area contributed by atoms with E-state index in [1.54, 1.807) is 0 Å². The zero-order chi connectivity index (χ0) is 11.0. The van der Waals surface area contributed by atoms with E-state index in [-0.39, 0.29) is 6.04 Å². The fourth-order valence-corrected chi connectivity index (χ4v) is 2.22. The third-order valence-electron chi connectivity index (χ3n) is 2.97. The van der Waals surface area contributed by atoms with Crippen LogP contribution < -0.4 is 5.32 Å². The maximum Gasteiger partial charge on any atom is 0.325 e. The molecule has 1 aliphatic rings. The van der Waals surface area contributed by atoms with Gasteiger partial charge in [-0.3, -0.25) is 10.1 Å². The van der Waals surface area contributed by atoms with E-state index in [1.807, 2.05) is 32.0 Å². The largest absolute Gasteiger partial charge is 0.480 e. The van der Waals surface area contributed by atoms with E-state index in [9.17, 15) is 4.79 Å². The number of benzene rings is 1. The van der Waals surface area contributed by atoms with Crippen LogP contribution in [0.2, 0.25) is 0 Å². The van der Waals surface area contributed by atoms with Gasteiger partial charge in [0, 0.05) is 6.04 Å². The Morgan fingerprint density at radius 2 is 2.27 bits per heavy atom. The summed E-state index contributed by atoms with van der Waals surface area (Å²) in [5.74, 6) is -0.798. The summed E-state index contributed by atoms with van der Waals surface area (Å²) in [6.07, 6.45) is 0.909.